The monoisotopic (exact) mass is 209 g/mol. The summed E-state index contributed by atoms with van der Waals surface area (Å²) < 4.78 is 0. The zero-order valence-electron chi connectivity index (χ0n) is 6.83. The van der Waals surface area contributed by atoms with Crippen molar-refractivity contribution < 1.29 is 0 Å². The third-order valence-corrected chi connectivity index (χ3v) is 2.90. The van der Waals surface area contributed by atoms with Crippen LogP contribution in [0.2, 0.25) is 5.02 Å². The number of thiophene rings is 1. The van der Waals surface area contributed by atoms with Crippen LogP contribution in [0, 0.1) is 0 Å². The number of nitrogens with two attached hydrogens (primary N) is 1. The van der Waals surface area contributed by atoms with E-state index in [9.17, 15) is 0 Å². The van der Waals surface area contributed by atoms with E-state index in [1.807, 2.05) is 35.7 Å². The number of hydrogen-bond acceptors (Lipinski definition) is 2. The fourth-order valence-corrected chi connectivity index (χ4v) is 2.09. The van der Waals surface area contributed by atoms with Crippen molar-refractivity contribution in [1.29, 1.82) is 0 Å². The predicted molar refractivity (Wildman–Crippen MR) is 59.2 cm³/mol. The van der Waals surface area contributed by atoms with Crippen molar-refractivity contribution in [3.8, 4) is 11.1 Å². The maximum Gasteiger partial charge on any atom is 0.0862 e. The molecule has 0 fully saturated rings. The highest BCUT2D eigenvalue weighted by Gasteiger charge is 2.03. The van der Waals surface area contributed by atoms with Crippen LogP contribution < -0.4 is 5.73 Å². The lowest BCUT2D eigenvalue weighted by Gasteiger charge is -1.99. The van der Waals surface area contributed by atoms with E-state index >= 15 is 0 Å². The van der Waals surface area contributed by atoms with Crippen LogP contribution in [0.1, 0.15) is 0 Å². The molecule has 13 heavy (non-hydrogen) atoms. The molecule has 0 aliphatic rings. The molecular formula is C10H8ClNS. The Hall–Kier alpha value is -0.990. The first-order valence-corrected chi connectivity index (χ1v) is 5.12. The second-order valence-electron chi connectivity index (χ2n) is 2.72. The predicted octanol–water partition coefficient (Wildman–Crippen LogP) is 3.65. The van der Waals surface area contributed by atoms with Crippen molar-refractivity contribution in [2.24, 2.45) is 0 Å². The molecule has 0 aliphatic heterocycles. The number of anilines is 1. The maximum absolute atomic E-state index is 6.03. The van der Waals surface area contributed by atoms with Gasteiger partial charge in [0.2, 0.25) is 0 Å². The molecule has 0 saturated carbocycles. The summed E-state index contributed by atoms with van der Waals surface area (Å²) in [5, 5.41) is 3.59. The van der Waals surface area contributed by atoms with E-state index in [1.165, 1.54) is 11.3 Å². The number of rotatable bonds is 1. The van der Waals surface area contributed by atoms with E-state index in [0.717, 1.165) is 21.2 Å². The van der Waals surface area contributed by atoms with Gasteiger partial charge in [0.25, 0.3) is 0 Å². The van der Waals surface area contributed by atoms with E-state index in [1.54, 1.807) is 0 Å². The average molecular weight is 210 g/mol. The molecule has 0 aliphatic carbocycles. The molecule has 2 rings (SSSR count). The molecule has 1 heterocycles. The summed E-state index contributed by atoms with van der Waals surface area (Å²) in [5.74, 6) is 0. The molecule has 1 aromatic heterocycles. The van der Waals surface area contributed by atoms with E-state index in [-0.39, 0.29) is 0 Å². The Morgan fingerprint density at radius 1 is 1.23 bits per heavy atom. The topological polar surface area (TPSA) is 26.0 Å². The first kappa shape index (κ1) is 8.60. The Balaban J connectivity index is 2.52. The molecule has 1 aromatic carbocycles. The molecule has 2 aromatic rings. The lowest BCUT2D eigenvalue weighted by Crippen LogP contribution is -1.77. The van der Waals surface area contributed by atoms with Crippen molar-refractivity contribution >= 4 is 27.9 Å². The van der Waals surface area contributed by atoms with E-state index in [2.05, 4.69) is 0 Å². The fraction of sp³-hybridized carbons (Fsp3) is 0. The summed E-state index contributed by atoms with van der Waals surface area (Å²) in [6.45, 7) is 0. The third kappa shape index (κ3) is 1.69. The summed E-state index contributed by atoms with van der Waals surface area (Å²) >= 11 is 7.56. The van der Waals surface area contributed by atoms with Gasteiger partial charge < -0.3 is 5.73 Å². The Bertz CT molecular complexity index is 422. The summed E-state index contributed by atoms with van der Waals surface area (Å²) in [7, 11) is 0. The van der Waals surface area contributed by atoms with Crippen molar-refractivity contribution in [2.45, 2.75) is 0 Å². The molecule has 0 amide bonds. The molecule has 3 heteroatoms. The number of nitrogen functional groups attached to an aromatic ring is 1. The molecular weight excluding hydrogens is 202 g/mol. The highest BCUT2D eigenvalue weighted by atomic mass is 35.5. The molecule has 66 valence electrons. The van der Waals surface area contributed by atoms with Crippen LogP contribution in [0.25, 0.3) is 11.1 Å². The minimum Gasteiger partial charge on any atom is -0.391 e. The fourth-order valence-electron chi connectivity index (χ4n) is 1.19. The molecule has 0 atom stereocenters. The van der Waals surface area contributed by atoms with Gasteiger partial charge in [0, 0.05) is 16.0 Å². The minimum absolute atomic E-state index is 0.764. The summed E-state index contributed by atoms with van der Waals surface area (Å²) in [5.41, 5.74) is 7.77. The first-order chi connectivity index (χ1) is 6.27. The normalized spacial score (nSPS) is 10.2. The van der Waals surface area contributed by atoms with Gasteiger partial charge in [-0.15, -0.1) is 11.3 Å². The highest BCUT2D eigenvalue weighted by molar-refractivity contribution is 7.14. The van der Waals surface area contributed by atoms with Gasteiger partial charge >= 0.3 is 0 Å². The van der Waals surface area contributed by atoms with Gasteiger partial charge in [-0.25, -0.2) is 0 Å². The van der Waals surface area contributed by atoms with Gasteiger partial charge in [0.1, 0.15) is 0 Å². The lowest BCUT2D eigenvalue weighted by molar-refractivity contribution is 1.67. The van der Waals surface area contributed by atoms with Crippen LogP contribution in [0.5, 0.6) is 0 Å². The first-order valence-electron chi connectivity index (χ1n) is 3.86. The van der Waals surface area contributed by atoms with Crippen LogP contribution in [-0.4, -0.2) is 0 Å². The Labute approximate surface area is 85.8 Å². The zero-order chi connectivity index (χ0) is 9.26. The Morgan fingerprint density at radius 3 is 2.62 bits per heavy atom. The average Bonchev–Trinajstić information content (AvgIpc) is 2.53. The SMILES string of the molecule is Nc1cc(-c2ccccc2Cl)cs1. The zero-order valence-corrected chi connectivity index (χ0v) is 8.40. The van der Waals surface area contributed by atoms with Gasteiger partial charge in [-0.1, -0.05) is 29.8 Å². The number of halogens is 1. The molecule has 1 nitrogen and oxygen atoms in total. The maximum atomic E-state index is 6.03. The van der Waals surface area contributed by atoms with Crippen LogP contribution in [0.3, 0.4) is 0 Å². The van der Waals surface area contributed by atoms with Crippen molar-refractivity contribution in [3.63, 3.8) is 0 Å². The Kier molecular flexibility index (Phi) is 2.25. The molecule has 0 radical (unpaired) electrons. The van der Waals surface area contributed by atoms with Crippen molar-refractivity contribution in [2.75, 3.05) is 5.73 Å². The van der Waals surface area contributed by atoms with Crippen LogP contribution in [0.15, 0.2) is 35.7 Å². The van der Waals surface area contributed by atoms with Crippen molar-refractivity contribution in [1.82, 2.24) is 0 Å². The quantitative estimate of drug-likeness (QED) is 0.763. The van der Waals surface area contributed by atoms with Gasteiger partial charge in [-0.3, -0.25) is 0 Å². The summed E-state index contributed by atoms with van der Waals surface area (Å²) in [6, 6.07) is 9.69. The van der Waals surface area contributed by atoms with Gasteiger partial charge in [-0.05, 0) is 17.7 Å². The third-order valence-electron chi connectivity index (χ3n) is 1.80. The molecule has 0 saturated heterocycles. The van der Waals surface area contributed by atoms with Crippen LogP contribution in [0.4, 0.5) is 5.00 Å². The molecule has 0 spiro atoms. The number of benzene rings is 1. The Morgan fingerprint density at radius 2 is 2.00 bits per heavy atom. The number of hydrogen-bond donors (Lipinski definition) is 1. The van der Waals surface area contributed by atoms with E-state index in [0.29, 0.717) is 0 Å². The lowest BCUT2D eigenvalue weighted by atomic mass is 10.1. The second kappa shape index (κ2) is 3.40. The van der Waals surface area contributed by atoms with Crippen LogP contribution >= 0.6 is 22.9 Å². The largest absolute Gasteiger partial charge is 0.391 e. The van der Waals surface area contributed by atoms with Gasteiger partial charge in [0.05, 0.1) is 5.00 Å². The standard InChI is InChI=1S/C10H8ClNS/c11-9-4-2-1-3-8(9)7-5-10(12)13-6-7/h1-6H,12H2. The van der Waals surface area contributed by atoms with E-state index in [4.69, 9.17) is 17.3 Å². The highest BCUT2D eigenvalue weighted by Crippen LogP contribution is 2.31. The van der Waals surface area contributed by atoms with Crippen LogP contribution in [-0.2, 0) is 0 Å². The molecule has 2 N–H and O–H groups in total. The molecule has 0 unspecified atom stereocenters. The minimum atomic E-state index is 0.764. The van der Waals surface area contributed by atoms with E-state index < -0.39 is 0 Å². The smallest absolute Gasteiger partial charge is 0.0862 e. The summed E-state index contributed by atoms with van der Waals surface area (Å²) in [6.07, 6.45) is 0. The summed E-state index contributed by atoms with van der Waals surface area (Å²) in [4.78, 5) is 0. The van der Waals surface area contributed by atoms with Crippen molar-refractivity contribution in [3.05, 3.63) is 40.7 Å². The second-order valence-corrected chi connectivity index (χ2v) is 4.07. The van der Waals surface area contributed by atoms with Gasteiger partial charge in [0.15, 0.2) is 0 Å². The van der Waals surface area contributed by atoms with Gasteiger partial charge in [-0.2, -0.15) is 0 Å². The molecule has 0 bridgehead atoms.